The normalized spacial score (nSPS) is 11.6. The average Bonchev–Trinajstić information content (AvgIpc) is 3.02. The van der Waals surface area contributed by atoms with Crippen LogP contribution in [-0.2, 0) is 19.8 Å². The zero-order valence-corrected chi connectivity index (χ0v) is 15.5. The number of pyridine rings is 1. The molecule has 148 valence electrons. The second-order valence-electron chi connectivity index (χ2n) is 6.60. The highest BCUT2D eigenvalue weighted by atomic mass is 19.4. The first-order chi connectivity index (χ1) is 13.9. The van der Waals surface area contributed by atoms with Gasteiger partial charge in [-0.1, -0.05) is 36.4 Å². The van der Waals surface area contributed by atoms with Gasteiger partial charge in [0.2, 0.25) is 5.95 Å². The van der Waals surface area contributed by atoms with E-state index in [-0.39, 0.29) is 0 Å². The quantitative estimate of drug-likeness (QED) is 0.477. The van der Waals surface area contributed by atoms with Crippen molar-refractivity contribution in [2.75, 3.05) is 10.6 Å². The maximum absolute atomic E-state index is 12.9. The van der Waals surface area contributed by atoms with Crippen molar-refractivity contribution in [3.63, 3.8) is 0 Å². The standard InChI is InChI=1S/C21H18F3N5/c1-29-18-11-19(27-16-9-5-8-15(10-16)21(22,23)24)25-13-17(18)28-20(29)26-12-14-6-3-2-4-7-14/h2-11,13H,12H2,1H3,(H,25,27)(H,26,28). The summed E-state index contributed by atoms with van der Waals surface area (Å²) in [5.41, 5.74) is 2.24. The molecule has 0 aliphatic carbocycles. The van der Waals surface area contributed by atoms with E-state index in [1.165, 1.54) is 6.07 Å². The summed E-state index contributed by atoms with van der Waals surface area (Å²) in [7, 11) is 1.87. The minimum atomic E-state index is -4.39. The van der Waals surface area contributed by atoms with Crippen molar-refractivity contribution < 1.29 is 13.2 Å². The molecule has 0 aliphatic heterocycles. The average molecular weight is 397 g/mol. The van der Waals surface area contributed by atoms with Crippen molar-refractivity contribution >= 4 is 28.5 Å². The molecule has 0 spiro atoms. The molecule has 0 radical (unpaired) electrons. The molecule has 8 heteroatoms. The summed E-state index contributed by atoms with van der Waals surface area (Å²) in [4.78, 5) is 8.81. The minimum absolute atomic E-state index is 0.316. The van der Waals surface area contributed by atoms with Gasteiger partial charge >= 0.3 is 6.18 Å². The highest BCUT2D eigenvalue weighted by Crippen LogP contribution is 2.31. The lowest BCUT2D eigenvalue weighted by molar-refractivity contribution is -0.137. The molecular formula is C21H18F3N5. The van der Waals surface area contributed by atoms with E-state index < -0.39 is 11.7 Å². The third-order valence-electron chi connectivity index (χ3n) is 4.52. The monoisotopic (exact) mass is 397 g/mol. The summed E-state index contributed by atoms with van der Waals surface area (Å²) >= 11 is 0. The Hall–Kier alpha value is -3.55. The van der Waals surface area contributed by atoms with Gasteiger partial charge in [0.05, 0.1) is 17.3 Å². The maximum Gasteiger partial charge on any atom is 0.416 e. The molecule has 0 saturated heterocycles. The summed E-state index contributed by atoms with van der Waals surface area (Å²) in [5.74, 6) is 1.12. The summed E-state index contributed by atoms with van der Waals surface area (Å²) in [6.07, 6.45) is -2.80. The van der Waals surface area contributed by atoms with Crippen LogP contribution in [0.1, 0.15) is 11.1 Å². The Morgan fingerprint density at radius 2 is 1.79 bits per heavy atom. The smallest absolute Gasteiger partial charge is 0.352 e. The van der Waals surface area contributed by atoms with Gasteiger partial charge in [0, 0.05) is 25.3 Å². The third kappa shape index (κ3) is 4.16. The van der Waals surface area contributed by atoms with Crippen molar-refractivity contribution in [3.8, 4) is 0 Å². The number of anilines is 3. The molecule has 0 aliphatic rings. The van der Waals surface area contributed by atoms with Crippen LogP contribution in [0.4, 0.5) is 30.6 Å². The molecule has 4 aromatic rings. The first-order valence-corrected chi connectivity index (χ1v) is 8.95. The number of benzene rings is 2. The molecule has 0 atom stereocenters. The predicted molar refractivity (Wildman–Crippen MR) is 107 cm³/mol. The van der Waals surface area contributed by atoms with Crippen molar-refractivity contribution in [2.24, 2.45) is 7.05 Å². The van der Waals surface area contributed by atoms with Crippen LogP contribution in [0, 0.1) is 0 Å². The second kappa shape index (κ2) is 7.46. The Balaban J connectivity index is 1.56. The Morgan fingerprint density at radius 3 is 2.55 bits per heavy atom. The molecular weight excluding hydrogens is 379 g/mol. The summed E-state index contributed by atoms with van der Waals surface area (Å²) in [6.45, 7) is 0.626. The summed E-state index contributed by atoms with van der Waals surface area (Å²) < 4.78 is 40.6. The molecule has 2 aromatic carbocycles. The predicted octanol–water partition coefficient (Wildman–Crippen LogP) is 5.34. The Labute approximate surface area is 165 Å². The van der Waals surface area contributed by atoms with Crippen LogP contribution in [0.2, 0.25) is 0 Å². The fraction of sp³-hybridized carbons (Fsp3) is 0.143. The highest BCUT2D eigenvalue weighted by Gasteiger charge is 2.30. The lowest BCUT2D eigenvalue weighted by atomic mass is 10.2. The van der Waals surface area contributed by atoms with Crippen LogP contribution in [0.25, 0.3) is 11.0 Å². The van der Waals surface area contributed by atoms with E-state index in [1.54, 1.807) is 18.3 Å². The Bertz CT molecular complexity index is 1140. The van der Waals surface area contributed by atoms with E-state index >= 15 is 0 Å². The third-order valence-corrected chi connectivity index (χ3v) is 4.52. The molecule has 0 bridgehead atoms. The molecule has 29 heavy (non-hydrogen) atoms. The van der Waals surface area contributed by atoms with Gasteiger partial charge in [-0.3, -0.25) is 0 Å². The summed E-state index contributed by atoms with van der Waals surface area (Å²) in [6, 6.07) is 16.7. The van der Waals surface area contributed by atoms with E-state index in [0.717, 1.165) is 23.2 Å². The van der Waals surface area contributed by atoms with Crippen LogP contribution in [0.3, 0.4) is 0 Å². The van der Waals surface area contributed by atoms with Gasteiger partial charge in [0.1, 0.15) is 11.3 Å². The number of aromatic nitrogens is 3. The lowest BCUT2D eigenvalue weighted by Crippen LogP contribution is -2.05. The van der Waals surface area contributed by atoms with Gasteiger partial charge < -0.3 is 15.2 Å². The molecule has 4 rings (SSSR count). The number of nitrogens with zero attached hydrogens (tertiary/aromatic N) is 3. The van der Waals surface area contributed by atoms with Crippen molar-refractivity contribution in [2.45, 2.75) is 12.7 Å². The largest absolute Gasteiger partial charge is 0.416 e. The molecule has 2 aromatic heterocycles. The van der Waals surface area contributed by atoms with Crippen LogP contribution < -0.4 is 10.6 Å². The van der Waals surface area contributed by atoms with Crippen molar-refractivity contribution in [1.82, 2.24) is 14.5 Å². The zero-order chi connectivity index (χ0) is 20.4. The maximum atomic E-state index is 12.9. The number of rotatable bonds is 5. The summed E-state index contributed by atoms with van der Waals surface area (Å²) in [5, 5.41) is 6.22. The SMILES string of the molecule is Cn1c(NCc2ccccc2)nc2cnc(Nc3cccc(C(F)(F)F)c3)cc21. The molecule has 0 fully saturated rings. The molecule has 0 saturated carbocycles. The number of fused-ring (bicyclic) bond motifs is 1. The number of hydrogen-bond donors (Lipinski definition) is 2. The van der Waals surface area contributed by atoms with E-state index in [2.05, 4.69) is 20.6 Å². The van der Waals surface area contributed by atoms with Crippen LogP contribution in [0.15, 0.2) is 66.9 Å². The lowest BCUT2D eigenvalue weighted by Gasteiger charge is -2.10. The number of halogens is 3. The van der Waals surface area contributed by atoms with Gasteiger partial charge in [-0.05, 0) is 23.8 Å². The molecule has 2 N–H and O–H groups in total. The van der Waals surface area contributed by atoms with Gasteiger partial charge in [-0.25, -0.2) is 9.97 Å². The molecule has 0 amide bonds. The van der Waals surface area contributed by atoms with E-state index in [0.29, 0.717) is 29.5 Å². The zero-order valence-electron chi connectivity index (χ0n) is 15.5. The van der Waals surface area contributed by atoms with Crippen LogP contribution in [-0.4, -0.2) is 14.5 Å². The fourth-order valence-corrected chi connectivity index (χ4v) is 3.02. The van der Waals surface area contributed by atoms with Gasteiger partial charge in [0.25, 0.3) is 0 Å². The van der Waals surface area contributed by atoms with E-state index in [4.69, 9.17) is 0 Å². The number of hydrogen-bond acceptors (Lipinski definition) is 4. The molecule has 5 nitrogen and oxygen atoms in total. The van der Waals surface area contributed by atoms with Crippen molar-refractivity contribution in [3.05, 3.63) is 78.0 Å². The van der Waals surface area contributed by atoms with E-state index in [1.807, 2.05) is 41.9 Å². The second-order valence-corrected chi connectivity index (χ2v) is 6.60. The highest BCUT2D eigenvalue weighted by molar-refractivity contribution is 5.81. The topological polar surface area (TPSA) is 54.8 Å². The van der Waals surface area contributed by atoms with Crippen molar-refractivity contribution in [1.29, 1.82) is 0 Å². The molecule has 0 unspecified atom stereocenters. The van der Waals surface area contributed by atoms with Gasteiger partial charge in [-0.2, -0.15) is 13.2 Å². The number of nitrogens with one attached hydrogen (secondary N) is 2. The Morgan fingerprint density at radius 1 is 1.00 bits per heavy atom. The van der Waals surface area contributed by atoms with Crippen LogP contribution in [0.5, 0.6) is 0 Å². The first-order valence-electron chi connectivity index (χ1n) is 8.95. The van der Waals surface area contributed by atoms with Gasteiger partial charge in [0.15, 0.2) is 0 Å². The van der Waals surface area contributed by atoms with E-state index in [9.17, 15) is 13.2 Å². The number of imidazole rings is 1. The van der Waals surface area contributed by atoms with Crippen LogP contribution >= 0.6 is 0 Å². The minimum Gasteiger partial charge on any atom is -0.352 e. The number of alkyl halides is 3. The first kappa shape index (κ1) is 18.8. The molecule has 2 heterocycles. The Kier molecular flexibility index (Phi) is 4.84. The number of aryl methyl sites for hydroxylation is 1. The fourth-order valence-electron chi connectivity index (χ4n) is 3.02. The van der Waals surface area contributed by atoms with Gasteiger partial charge in [-0.15, -0.1) is 0 Å².